The number of hydrogen-bond donors (Lipinski definition) is 1. The van der Waals surface area contributed by atoms with Gasteiger partial charge in [0.15, 0.2) is 5.69 Å². The zero-order valence-corrected chi connectivity index (χ0v) is 15.6. The van der Waals surface area contributed by atoms with Crippen molar-refractivity contribution in [3.8, 4) is 5.69 Å². The highest BCUT2D eigenvalue weighted by Crippen LogP contribution is 2.17. The lowest BCUT2D eigenvalue weighted by molar-refractivity contribution is 0.101. The van der Waals surface area contributed by atoms with Crippen LogP contribution in [0.1, 0.15) is 21.7 Å². The molecule has 3 aromatic rings. The van der Waals surface area contributed by atoms with Gasteiger partial charge < -0.3 is 10.2 Å². The van der Waals surface area contributed by atoms with Crippen LogP contribution in [0.5, 0.6) is 0 Å². The van der Waals surface area contributed by atoms with E-state index in [0.29, 0.717) is 17.9 Å². The second-order valence-corrected chi connectivity index (χ2v) is 6.59. The number of anilines is 1. The van der Waals surface area contributed by atoms with E-state index in [4.69, 9.17) is 0 Å². The number of carbonyl (C=O) groups excluding carboxylic acids is 1. The second kappa shape index (κ2) is 7.97. The van der Waals surface area contributed by atoms with Crippen molar-refractivity contribution in [1.82, 2.24) is 14.7 Å². The van der Waals surface area contributed by atoms with Crippen molar-refractivity contribution >= 4 is 11.6 Å². The number of aromatic nitrogens is 2. The summed E-state index contributed by atoms with van der Waals surface area (Å²) in [4.78, 5) is 27.2. The molecule has 138 valence electrons. The van der Waals surface area contributed by atoms with Crippen LogP contribution in [0, 0.1) is 6.92 Å². The van der Waals surface area contributed by atoms with Gasteiger partial charge in [-0.2, -0.15) is 5.10 Å². The number of benzene rings is 2. The van der Waals surface area contributed by atoms with Crippen LogP contribution in [0.2, 0.25) is 0 Å². The first-order chi connectivity index (χ1) is 13.0. The molecule has 0 aliphatic carbocycles. The zero-order chi connectivity index (χ0) is 19.4. The van der Waals surface area contributed by atoms with Crippen LogP contribution in [-0.4, -0.2) is 34.7 Å². The summed E-state index contributed by atoms with van der Waals surface area (Å²) in [6.07, 6.45) is 0. The molecule has 6 nitrogen and oxygen atoms in total. The first kappa shape index (κ1) is 18.5. The molecule has 0 spiro atoms. The highest BCUT2D eigenvalue weighted by Gasteiger charge is 2.17. The zero-order valence-electron chi connectivity index (χ0n) is 15.6. The maximum absolute atomic E-state index is 12.8. The van der Waals surface area contributed by atoms with E-state index in [1.54, 1.807) is 11.6 Å². The predicted molar refractivity (Wildman–Crippen MR) is 106 cm³/mol. The number of rotatable bonds is 5. The Hall–Kier alpha value is -3.25. The minimum atomic E-state index is -0.518. The van der Waals surface area contributed by atoms with Crippen LogP contribution in [0.15, 0.2) is 65.5 Å². The Morgan fingerprint density at radius 3 is 2.44 bits per heavy atom. The number of carbonyl (C=O) groups is 1. The third kappa shape index (κ3) is 4.30. The summed E-state index contributed by atoms with van der Waals surface area (Å²) in [5.74, 6) is -0.518. The van der Waals surface area contributed by atoms with Gasteiger partial charge in [0.25, 0.3) is 5.91 Å². The van der Waals surface area contributed by atoms with Crippen LogP contribution < -0.4 is 10.7 Å². The van der Waals surface area contributed by atoms with Crippen molar-refractivity contribution < 1.29 is 4.79 Å². The van der Waals surface area contributed by atoms with Crippen molar-refractivity contribution in [2.75, 3.05) is 19.4 Å². The van der Waals surface area contributed by atoms with Crippen LogP contribution in [-0.2, 0) is 6.54 Å². The van der Waals surface area contributed by atoms with E-state index in [1.807, 2.05) is 73.6 Å². The SMILES string of the molecule is Cc1cc(=O)c(C(=O)Nc2ccccc2CN(C)C)nn1-c1ccccc1. The van der Waals surface area contributed by atoms with Crippen LogP contribution >= 0.6 is 0 Å². The first-order valence-electron chi connectivity index (χ1n) is 8.66. The quantitative estimate of drug-likeness (QED) is 0.758. The molecule has 0 atom stereocenters. The van der Waals surface area contributed by atoms with Crippen molar-refractivity contribution in [2.24, 2.45) is 0 Å². The molecule has 0 fully saturated rings. The van der Waals surface area contributed by atoms with Gasteiger partial charge in [0.2, 0.25) is 5.43 Å². The number of hydrogen-bond acceptors (Lipinski definition) is 4. The fourth-order valence-corrected chi connectivity index (χ4v) is 2.84. The molecule has 0 unspecified atom stereocenters. The summed E-state index contributed by atoms with van der Waals surface area (Å²) in [5, 5.41) is 7.14. The monoisotopic (exact) mass is 362 g/mol. The van der Waals surface area contributed by atoms with Gasteiger partial charge >= 0.3 is 0 Å². The summed E-state index contributed by atoms with van der Waals surface area (Å²) in [7, 11) is 3.91. The van der Waals surface area contributed by atoms with Gasteiger partial charge in [-0.25, -0.2) is 4.68 Å². The normalized spacial score (nSPS) is 10.8. The van der Waals surface area contributed by atoms with Crippen LogP contribution in [0.4, 0.5) is 5.69 Å². The fourth-order valence-electron chi connectivity index (χ4n) is 2.84. The van der Waals surface area contributed by atoms with E-state index in [1.165, 1.54) is 6.07 Å². The van der Waals surface area contributed by atoms with Crippen LogP contribution in [0.25, 0.3) is 5.69 Å². The maximum atomic E-state index is 12.8. The third-order valence-electron chi connectivity index (χ3n) is 4.08. The van der Waals surface area contributed by atoms with Gasteiger partial charge in [0, 0.05) is 24.0 Å². The summed E-state index contributed by atoms with van der Waals surface area (Å²) < 4.78 is 1.60. The Balaban J connectivity index is 1.96. The lowest BCUT2D eigenvalue weighted by Gasteiger charge is -2.15. The Kier molecular flexibility index (Phi) is 5.47. The Morgan fingerprint density at radius 2 is 1.74 bits per heavy atom. The molecule has 6 heteroatoms. The number of aryl methyl sites for hydroxylation is 1. The molecule has 1 N–H and O–H groups in total. The summed E-state index contributed by atoms with van der Waals surface area (Å²) in [6, 6.07) is 18.4. The third-order valence-corrected chi connectivity index (χ3v) is 4.08. The number of para-hydroxylation sites is 2. The largest absolute Gasteiger partial charge is 0.320 e. The molecule has 0 saturated carbocycles. The van der Waals surface area contributed by atoms with Crippen molar-refractivity contribution in [1.29, 1.82) is 0 Å². The molecule has 0 bridgehead atoms. The Labute approximate surface area is 158 Å². The van der Waals surface area contributed by atoms with Gasteiger partial charge in [-0.15, -0.1) is 0 Å². The topological polar surface area (TPSA) is 67.2 Å². The van der Waals surface area contributed by atoms with Crippen molar-refractivity contribution in [3.63, 3.8) is 0 Å². The standard InChI is InChI=1S/C21H22N4O2/c1-15-13-19(26)20(23-25(15)17-10-5-4-6-11-17)21(27)22-18-12-8-7-9-16(18)14-24(2)3/h4-13H,14H2,1-3H3,(H,22,27). The van der Waals surface area contributed by atoms with E-state index in [2.05, 4.69) is 10.4 Å². The summed E-state index contributed by atoms with van der Waals surface area (Å²) in [5.41, 5.74) is 2.55. The molecule has 1 amide bonds. The van der Waals surface area contributed by atoms with Gasteiger partial charge in [-0.05, 0) is 44.8 Å². The maximum Gasteiger partial charge on any atom is 0.280 e. The smallest absolute Gasteiger partial charge is 0.280 e. The minimum Gasteiger partial charge on any atom is -0.320 e. The molecule has 0 aliphatic heterocycles. The lowest BCUT2D eigenvalue weighted by atomic mass is 10.1. The molecule has 0 aliphatic rings. The average Bonchev–Trinajstić information content (AvgIpc) is 2.63. The molecular weight excluding hydrogens is 340 g/mol. The fraction of sp³-hybridized carbons (Fsp3) is 0.190. The lowest BCUT2D eigenvalue weighted by Crippen LogP contribution is -2.27. The van der Waals surface area contributed by atoms with Gasteiger partial charge in [-0.3, -0.25) is 9.59 Å². The van der Waals surface area contributed by atoms with Gasteiger partial charge in [0.05, 0.1) is 5.69 Å². The average molecular weight is 362 g/mol. The molecule has 27 heavy (non-hydrogen) atoms. The van der Waals surface area contributed by atoms with Crippen molar-refractivity contribution in [3.05, 3.63) is 87.8 Å². The first-order valence-corrected chi connectivity index (χ1v) is 8.66. The van der Waals surface area contributed by atoms with E-state index >= 15 is 0 Å². The molecule has 1 aromatic heterocycles. The van der Waals surface area contributed by atoms with Crippen LogP contribution in [0.3, 0.4) is 0 Å². The molecule has 0 radical (unpaired) electrons. The van der Waals surface area contributed by atoms with Gasteiger partial charge in [0.1, 0.15) is 0 Å². The second-order valence-electron chi connectivity index (χ2n) is 6.59. The van der Waals surface area contributed by atoms with E-state index in [9.17, 15) is 9.59 Å². The molecule has 2 aromatic carbocycles. The summed E-state index contributed by atoms with van der Waals surface area (Å²) in [6.45, 7) is 2.46. The number of amides is 1. The van der Waals surface area contributed by atoms with E-state index in [0.717, 1.165) is 11.3 Å². The predicted octanol–water partition coefficient (Wildman–Crippen LogP) is 2.85. The minimum absolute atomic E-state index is 0.135. The molecule has 3 rings (SSSR count). The van der Waals surface area contributed by atoms with Gasteiger partial charge in [-0.1, -0.05) is 36.4 Å². The molecule has 1 heterocycles. The van der Waals surface area contributed by atoms with E-state index < -0.39 is 11.3 Å². The highest BCUT2D eigenvalue weighted by atomic mass is 16.2. The number of nitrogens with one attached hydrogen (secondary N) is 1. The molecule has 0 saturated heterocycles. The van der Waals surface area contributed by atoms with E-state index in [-0.39, 0.29) is 5.69 Å². The Bertz CT molecular complexity index is 1010. The summed E-state index contributed by atoms with van der Waals surface area (Å²) >= 11 is 0. The van der Waals surface area contributed by atoms with Crippen molar-refractivity contribution in [2.45, 2.75) is 13.5 Å². The molecular formula is C21H22N4O2. The highest BCUT2D eigenvalue weighted by molar-refractivity contribution is 6.03. The Morgan fingerprint density at radius 1 is 1.07 bits per heavy atom. The number of nitrogens with zero attached hydrogens (tertiary/aromatic N) is 3.